The van der Waals surface area contributed by atoms with Crippen molar-refractivity contribution in [1.29, 1.82) is 0 Å². The van der Waals surface area contributed by atoms with Gasteiger partial charge in [0.1, 0.15) is 5.69 Å². The first-order valence-electron chi connectivity index (χ1n) is 7.70. The van der Waals surface area contributed by atoms with Crippen molar-refractivity contribution in [2.24, 2.45) is 5.92 Å². The second kappa shape index (κ2) is 5.58. The monoisotopic (exact) mass is 284 g/mol. The van der Waals surface area contributed by atoms with Crippen LogP contribution in [0.15, 0.2) is 30.3 Å². The topological polar surface area (TPSA) is 52.0 Å². The van der Waals surface area contributed by atoms with Crippen LogP contribution in [0.25, 0.3) is 11.3 Å². The third-order valence-corrected chi connectivity index (χ3v) is 4.22. The summed E-state index contributed by atoms with van der Waals surface area (Å²) in [5.74, 6) is 0.903. The van der Waals surface area contributed by atoms with Gasteiger partial charge in [-0.2, -0.15) is 0 Å². The lowest BCUT2D eigenvalue weighted by atomic mass is 10.1. The van der Waals surface area contributed by atoms with Crippen molar-refractivity contribution >= 4 is 0 Å². The van der Waals surface area contributed by atoms with Crippen molar-refractivity contribution in [2.45, 2.75) is 32.1 Å². The van der Waals surface area contributed by atoms with E-state index in [2.05, 4.69) is 27.8 Å². The quantitative estimate of drug-likeness (QED) is 0.910. The number of ether oxygens (including phenoxy) is 1. The molecule has 21 heavy (non-hydrogen) atoms. The van der Waals surface area contributed by atoms with Crippen LogP contribution in [-0.4, -0.2) is 34.2 Å². The van der Waals surface area contributed by atoms with Crippen LogP contribution < -0.4 is 5.32 Å². The largest absolute Gasteiger partial charge is 0.369 e. The highest BCUT2D eigenvalue weighted by molar-refractivity contribution is 5.61. The lowest BCUT2D eigenvalue weighted by Gasteiger charge is -2.24. The number of hydrogen-bond acceptors (Lipinski definition) is 4. The van der Waals surface area contributed by atoms with Crippen molar-refractivity contribution in [2.75, 3.05) is 13.1 Å². The van der Waals surface area contributed by atoms with E-state index in [0.29, 0.717) is 6.61 Å². The van der Waals surface area contributed by atoms with E-state index < -0.39 is 0 Å². The van der Waals surface area contributed by atoms with Crippen molar-refractivity contribution in [3.05, 3.63) is 36.0 Å². The molecule has 1 aliphatic heterocycles. The fraction of sp³-hybridized carbons (Fsp3) is 0.500. The van der Waals surface area contributed by atoms with Gasteiger partial charge in [-0.15, -0.1) is 5.10 Å². The minimum Gasteiger partial charge on any atom is -0.369 e. The number of rotatable bonds is 5. The molecule has 2 heterocycles. The molecule has 1 fully saturated rings. The standard InChI is InChI=1S/C16H20N4O/c1-2-4-13(5-3-1)16-15-11-21-14(10-20(15)19-18-16)9-17-8-12-6-7-12/h1-5,12,14,17H,6-11H2/t14-/m0/s1. The van der Waals surface area contributed by atoms with Crippen LogP contribution in [0.3, 0.4) is 0 Å². The van der Waals surface area contributed by atoms with Crippen molar-refractivity contribution in [3.63, 3.8) is 0 Å². The third kappa shape index (κ3) is 2.84. The predicted octanol–water partition coefficient (Wildman–Crippen LogP) is 1.84. The fourth-order valence-electron chi connectivity index (χ4n) is 2.78. The summed E-state index contributed by atoms with van der Waals surface area (Å²) in [6.07, 6.45) is 2.96. The zero-order chi connectivity index (χ0) is 14.1. The van der Waals surface area contributed by atoms with Gasteiger partial charge in [0.15, 0.2) is 0 Å². The Kier molecular flexibility index (Phi) is 3.45. The molecule has 1 atom stereocenters. The molecular formula is C16H20N4O. The smallest absolute Gasteiger partial charge is 0.118 e. The average molecular weight is 284 g/mol. The first-order chi connectivity index (χ1) is 10.4. The van der Waals surface area contributed by atoms with Crippen molar-refractivity contribution in [1.82, 2.24) is 20.3 Å². The number of aromatic nitrogens is 3. The fourth-order valence-corrected chi connectivity index (χ4v) is 2.78. The van der Waals surface area contributed by atoms with Crippen LogP contribution in [-0.2, 0) is 17.9 Å². The van der Waals surface area contributed by atoms with Gasteiger partial charge in [0.25, 0.3) is 0 Å². The molecule has 1 saturated carbocycles. The zero-order valence-electron chi connectivity index (χ0n) is 12.0. The number of benzene rings is 1. The van der Waals surface area contributed by atoms with Crippen LogP contribution in [0.4, 0.5) is 0 Å². The summed E-state index contributed by atoms with van der Waals surface area (Å²) in [4.78, 5) is 0. The Balaban J connectivity index is 1.43. The summed E-state index contributed by atoms with van der Waals surface area (Å²) in [6, 6.07) is 10.2. The van der Waals surface area contributed by atoms with Gasteiger partial charge in [0.05, 0.1) is 24.9 Å². The zero-order valence-corrected chi connectivity index (χ0v) is 12.0. The van der Waals surface area contributed by atoms with E-state index in [1.807, 2.05) is 22.9 Å². The Bertz CT molecular complexity index is 606. The summed E-state index contributed by atoms with van der Waals surface area (Å²) in [7, 11) is 0. The number of hydrogen-bond donors (Lipinski definition) is 1. The molecule has 110 valence electrons. The van der Waals surface area contributed by atoms with Gasteiger partial charge in [0, 0.05) is 12.1 Å². The molecule has 0 spiro atoms. The average Bonchev–Trinajstić information content (AvgIpc) is 3.25. The highest BCUT2D eigenvalue weighted by Crippen LogP contribution is 2.28. The Morgan fingerprint density at radius 2 is 2.05 bits per heavy atom. The highest BCUT2D eigenvalue weighted by atomic mass is 16.5. The molecule has 2 aromatic rings. The van der Waals surface area contributed by atoms with Gasteiger partial charge < -0.3 is 10.1 Å². The SMILES string of the molecule is c1ccc(-c2nnn3c2CO[C@@H](CNCC2CC2)C3)cc1. The molecule has 2 aliphatic rings. The Hall–Kier alpha value is -1.72. The molecule has 0 saturated heterocycles. The van der Waals surface area contributed by atoms with Crippen LogP contribution in [0.5, 0.6) is 0 Å². The van der Waals surface area contributed by atoms with E-state index in [9.17, 15) is 0 Å². The van der Waals surface area contributed by atoms with Gasteiger partial charge in [-0.3, -0.25) is 0 Å². The summed E-state index contributed by atoms with van der Waals surface area (Å²) >= 11 is 0. The Morgan fingerprint density at radius 1 is 1.19 bits per heavy atom. The van der Waals surface area contributed by atoms with Crippen LogP contribution in [0, 0.1) is 5.92 Å². The molecule has 0 bridgehead atoms. The maximum Gasteiger partial charge on any atom is 0.118 e. The van der Waals surface area contributed by atoms with Crippen molar-refractivity contribution < 1.29 is 4.74 Å². The minimum atomic E-state index is 0.196. The van der Waals surface area contributed by atoms with E-state index in [1.54, 1.807) is 0 Å². The minimum absolute atomic E-state index is 0.196. The maximum atomic E-state index is 5.96. The second-order valence-electron chi connectivity index (χ2n) is 5.97. The molecule has 1 aliphatic carbocycles. The van der Waals surface area contributed by atoms with Crippen LogP contribution in [0.1, 0.15) is 18.5 Å². The number of fused-ring (bicyclic) bond motifs is 1. The lowest BCUT2D eigenvalue weighted by molar-refractivity contribution is 0.00139. The van der Waals surface area contributed by atoms with Gasteiger partial charge in [0.2, 0.25) is 0 Å². The van der Waals surface area contributed by atoms with E-state index in [1.165, 1.54) is 12.8 Å². The normalized spacial score (nSPS) is 21.2. The van der Waals surface area contributed by atoms with Crippen LogP contribution >= 0.6 is 0 Å². The second-order valence-corrected chi connectivity index (χ2v) is 5.97. The first-order valence-corrected chi connectivity index (χ1v) is 7.70. The molecule has 1 aromatic heterocycles. The van der Waals surface area contributed by atoms with Gasteiger partial charge in [-0.25, -0.2) is 4.68 Å². The molecule has 0 unspecified atom stereocenters. The summed E-state index contributed by atoms with van der Waals surface area (Å²) in [5.41, 5.74) is 3.13. The number of nitrogens with one attached hydrogen (secondary N) is 1. The molecule has 5 nitrogen and oxygen atoms in total. The Morgan fingerprint density at radius 3 is 2.86 bits per heavy atom. The van der Waals surface area contributed by atoms with Gasteiger partial charge in [-0.1, -0.05) is 35.5 Å². The van der Waals surface area contributed by atoms with Gasteiger partial charge in [-0.05, 0) is 25.3 Å². The van der Waals surface area contributed by atoms with E-state index in [-0.39, 0.29) is 6.10 Å². The Labute approximate surface area is 124 Å². The van der Waals surface area contributed by atoms with E-state index in [4.69, 9.17) is 4.74 Å². The lowest BCUT2D eigenvalue weighted by Crippen LogP contribution is -2.37. The maximum absolute atomic E-state index is 5.96. The number of nitrogens with zero attached hydrogens (tertiary/aromatic N) is 3. The first kappa shape index (κ1) is 13.0. The van der Waals surface area contributed by atoms with Gasteiger partial charge >= 0.3 is 0 Å². The third-order valence-electron chi connectivity index (χ3n) is 4.22. The molecule has 1 N–H and O–H groups in total. The summed E-state index contributed by atoms with van der Waals surface area (Å²) in [6.45, 7) is 3.40. The molecule has 1 aromatic carbocycles. The molecule has 0 radical (unpaired) electrons. The summed E-state index contributed by atoms with van der Waals surface area (Å²) < 4.78 is 7.96. The molecule has 4 rings (SSSR count). The predicted molar refractivity (Wildman–Crippen MR) is 79.6 cm³/mol. The molecule has 0 amide bonds. The molecule has 5 heteroatoms. The van der Waals surface area contributed by atoms with E-state index >= 15 is 0 Å². The highest BCUT2D eigenvalue weighted by Gasteiger charge is 2.25. The molecular weight excluding hydrogens is 264 g/mol. The van der Waals surface area contributed by atoms with E-state index in [0.717, 1.165) is 42.5 Å². The summed E-state index contributed by atoms with van der Waals surface area (Å²) in [5, 5.41) is 12.1. The van der Waals surface area contributed by atoms with Crippen LogP contribution in [0.2, 0.25) is 0 Å². The van der Waals surface area contributed by atoms with Crippen molar-refractivity contribution in [3.8, 4) is 11.3 Å².